The summed E-state index contributed by atoms with van der Waals surface area (Å²) in [6.45, 7) is 2.86. The fourth-order valence-corrected chi connectivity index (χ4v) is 3.57. The Hall–Kier alpha value is -2.25. The fraction of sp³-hybridized carbons (Fsp3) is 0.500. The highest BCUT2D eigenvalue weighted by molar-refractivity contribution is 5.82. The molecule has 1 aromatic carbocycles. The Labute approximate surface area is 147 Å². The van der Waals surface area contributed by atoms with E-state index in [2.05, 4.69) is 20.1 Å². The zero-order valence-electron chi connectivity index (χ0n) is 14.4. The molecule has 1 N–H and O–H groups in total. The van der Waals surface area contributed by atoms with Crippen molar-refractivity contribution in [3.05, 3.63) is 36.2 Å². The van der Waals surface area contributed by atoms with Crippen molar-refractivity contribution in [3.8, 4) is 11.4 Å². The van der Waals surface area contributed by atoms with Gasteiger partial charge >= 0.3 is 0 Å². The molecule has 7 heteroatoms. The number of hydrogen-bond donors (Lipinski definition) is 1. The van der Waals surface area contributed by atoms with E-state index in [1.165, 1.54) is 0 Å². The quantitative estimate of drug-likeness (QED) is 0.915. The summed E-state index contributed by atoms with van der Waals surface area (Å²) in [6.07, 6.45) is 1.49. The Balaban J connectivity index is 1.52. The molecule has 1 aromatic heterocycles. The third kappa shape index (κ3) is 3.29. The molecule has 0 unspecified atom stereocenters. The smallest absolute Gasteiger partial charge is 0.253 e. The highest BCUT2D eigenvalue weighted by Crippen LogP contribution is 2.31. The SMILES string of the molecule is CN1CCO[C@H](C(=O)N2CCC[C@H]2c2nc(-c3ccccc3)n[nH]2)C1. The fourth-order valence-electron chi connectivity index (χ4n) is 3.57. The molecule has 2 aliphatic heterocycles. The maximum atomic E-state index is 12.9. The highest BCUT2D eigenvalue weighted by Gasteiger charge is 2.37. The Bertz CT molecular complexity index is 732. The van der Waals surface area contributed by atoms with Crippen LogP contribution in [-0.2, 0) is 9.53 Å². The molecule has 7 nitrogen and oxygen atoms in total. The third-order valence-corrected chi connectivity index (χ3v) is 4.93. The molecule has 2 saturated heterocycles. The van der Waals surface area contributed by atoms with Crippen LogP contribution in [-0.4, -0.2) is 70.3 Å². The van der Waals surface area contributed by atoms with Crippen LogP contribution < -0.4 is 0 Å². The van der Waals surface area contributed by atoms with Crippen LogP contribution in [0.5, 0.6) is 0 Å². The molecule has 2 fully saturated rings. The van der Waals surface area contributed by atoms with Crippen molar-refractivity contribution < 1.29 is 9.53 Å². The summed E-state index contributed by atoms with van der Waals surface area (Å²) in [7, 11) is 2.02. The number of amides is 1. The number of likely N-dealkylation sites (tertiary alicyclic amines) is 1. The van der Waals surface area contributed by atoms with Gasteiger partial charge in [-0.1, -0.05) is 30.3 Å². The number of nitrogens with zero attached hydrogens (tertiary/aromatic N) is 4. The molecule has 2 aromatic rings. The molecule has 4 rings (SSSR count). The number of hydrogen-bond acceptors (Lipinski definition) is 5. The summed E-state index contributed by atoms with van der Waals surface area (Å²) in [6, 6.07) is 9.82. The van der Waals surface area contributed by atoms with Gasteiger partial charge in [-0.3, -0.25) is 9.89 Å². The molecule has 1 amide bonds. The van der Waals surface area contributed by atoms with Crippen LogP contribution in [0.15, 0.2) is 30.3 Å². The summed E-state index contributed by atoms with van der Waals surface area (Å²) >= 11 is 0. The Morgan fingerprint density at radius 1 is 1.28 bits per heavy atom. The van der Waals surface area contributed by atoms with Crippen molar-refractivity contribution in [1.82, 2.24) is 25.0 Å². The van der Waals surface area contributed by atoms with Gasteiger partial charge in [0.2, 0.25) is 0 Å². The summed E-state index contributed by atoms with van der Waals surface area (Å²) in [4.78, 5) is 21.6. The molecular weight excluding hydrogens is 318 g/mol. The standard InChI is InChI=1S/C18H23N5O2/c1-22-10-11-25-15(12-22)18(24)23-9-5-8-14(23)17-19-16(20-21-17)13-6-3-2-4-7-13/h2-4,6-7,14-15H,5,8-12H2,1H3,(H,19,20,21)/t14-,15-/m0/s1. The second-order valence-corrected chi connectivity index (χ2v) is 6.72. The van der Waals surface area contributed by atoms with Crippen LogP contribution in [0.1, 0.15) is 24.7 Å². The average Bonchev–Trinajstić information content (AvgIpc) is 3.31. The van der Waals surface area contributed by atoms with Crippen LogP contribution in [0.3, 0.4) is 0 Å². The first kappa shape index (κ1) is 16.2. The molecule has 0 saturated carbocycles. The number of ether oxygens (including phenoxy) is 1. The zero-order valence-corrected chi connectivity index (χ0v) is 14.4. The van der Waals surface area contributed by atoms with Crippen LogP contribution in [0.25, 0.3) is 11.4 Å². The van der Waals surface area contributed by atoms with Crippen LogP contribution >= 0.6 is 0 Å². The normalized spacial score (nSPS) is 24.6. The first-order valence-corrected chi connectivity index (χ1v) is 8.81. The summed E-state index contributed by atoms with van der Waals surface area (Å²) in [5, 5.41) is 7.37. The van der Waals surface area contributed by atoms with E-state index in [0.29, 0.717) is 19.0 Å². The second-order valence-electron chi connectivity index (χ2n) is 6.72. The van der Waals surface area contributed by atoms with Gasteiger partial charge in [0.05, 0.1) is 12.6 Å². The average molecular weight is 341 g/mol. The van der Waals surface area contributed by atoms with Crippen molar-refractivity contribution in [1.29, 1.82) is 0 Å². The van der Waals surface area contributed by atoms with Gasteiger partial charge in [-0.05, 0) is 19.9 Å². The number of H-pyrrole nitrogens is 1. The van der Waals surface area contributed by atoms with Gasteiger partial charge in [0, 0.05) is 25.2 Å². The largest absolute Gasteiger partial charge is 0.366 e. The molecule has 132 valence electrons. The first-order chi connectivity index (χ1) is 12.2. The number of carbonyl (C=O) groups excluding carboxylic acids is 1. The molecule has 0 radical (unpaired) electrons. The third-order valence-electron chi connectivity index (χ3n) is 4.93. The Morgan fingerprint density at radius 2 is 2.12 bits per heavy atom. The van der Waals surface area contributed by atoms with E-state index in [1.54, 1.807) is 0 Å². The first-order valence-electron chi connectivity index (χ1n) is 8.81. The van der Waals surface area contributed by atoms with Gasteiger partial charge in [0.15, 0.2) is 5.82 Å². The van der Waals surface area contributed by atoms with Crippen LogP contribution in [0, 0.1) is 0 Å². The Kier molecular flexibility index (Phi) is 4.50. The number of benzene rings is 1. The lowest BCUT2D eigenvalue weighted by Crippen LogP contribution is -2.49. The molecule has 25 heavy (non-hydrogen) atoms. The summed E-state index contributed by atoms with van der Waals surface area (Å²) in [5.74, 6) is 1.49. The topological polar surface area (TPSA) is 74.3 Å². The van der Waals surface area contributed by atoms with Crippen molar-refractivity contribution in [2.45, 2.75) is 25.0 Å². The van der Waals surface area contributed by atoms with Crippen molar-refractivity contribution in [3.63, 3.8) is 0 Å². The lowest BCUT2D eigenvalue weighted by Gasteiger charge is -2.33. The van der Waals surface area contributed by atoms with E-state index >= 15 is 0 Å². The molecule has 3 heterocycles. The maximum Gasteiger partial charge on any atom is 0.253 e. The van der Waals surface area contributed by atoms with Gasteiger partial charge < -0.3 is 14.5 Å². The minimum absolute atomic E-state index is 0.0479. The summed E-state index contributed by atoms with van der Waals surface area (Å²) < 4.78 is 5.70. The van der Waals surface area contributed by atoms with Gasteiger partial charge in [-0.15, -0.1) is 0 Å². The van der Waals surface area contributed by atoms with Crippen molar-refractivity contribution >= 4 is 5.91 Å². The second kappa shape index (κ2) is 6.93. The molecule has 2 aliphatic rings. The van der Waals surface area contributed by atoms with E-state index < -0.39 is 0 Å². The Morgan fingerprint density at radius 3 is 2.92 bits per heavy atom. The maximum absolute atomic E-state index is 12.9. The van der Waals surface area contributed by atoms with Crippen molar-refractivity contribution in [2.75, 3.05) is 33.3 Å². The molecular formula is C18H23N5O2. The predicted molar refractivity (Wildman–Crippen MR) is 92.7 cm³/mol. The number of likely N-dealkylation sites (N-methyl/N-ethyl adjacent to an activating group) is 1. The minimum atomic E-state index is -0.379. The van der Waals surface area contributed by atoms with E-state index in [0.717, 1.165) is 37.3 Å². The van der Waals surface area contributed by atoms with Crippen LogP contribution in [0.2, 0.25) is 0 Å². The molecule has 0 spiro atoms. The number of aromatic nitrogens is 3. The van der Waals surface area contributed by atoms with Crippen LogP contribution in [0.4, 0.5) is 0 Å². The summed E-state index contributed by atoms with van der Waals surface area (Å²) in [5.41, 5.74) is 0.970. The molecule has 2 atom stereocenters. The van der Waals surface area contributed by atoms with E-state index in [4.69, 9.17) is 4.74 Å². The van der Waals surface area contributed by atoms with Gasteiger partial charge in [-0.2, -0.15) is 5.10 Å². The lowest BCUT2D eigenvalue weighted by atomic mass is 10.2. The van der Waals surface area contributed by atoms with E-state index in [9.17, 15) is 4.79 Å². The van der Waals surface area contributed by atoms with Gasteiger partial charge in [-0.25, -0.2) is 4.98 Å². The molecule has 0 bridgehead atoms. The predicted octanol–water partition coefficient (Wildman–Crippen LogP) is 1.47. The number of carbonyl (C=O) groups is 1. The monoisotopic (exact) mass is 341 g/mol. The minimum Gasteiger partial charge on any atom is -0.366 e. The van der Waals surface area contributed by atoms with E-state index in [1.807, 2.05) is 42.3 Å². The van der Waals surface area contributed by atoms with Gasteiger partial charge in [0.25, 0.3) is 5.91 Å². The number of rotatable bonds is 3. The zero-order chi connectivity index (χ0) is 17.2. The van der Waals surface area contributed by atoms with Gasteiger partial charge in [0.1, 0.15) is 11.9 Å². The molecule has 0 aliphatic carbocycles. The highest BCUT2D eigenvalue weighted by atomic mass is 16.5. The van der Waals surface area contributed by atoms with E-state index in [-0.39, 0.29) is 18.1 Å². The van der Waals surface area contributed by atoms with Crippen molar-refractivity contribution in [2.24, 2.45) is 0 Å². The number of aromatic amines is 1. The number of nitrogens with one attached hydrogen (secondary N) is 1. The number of morpholine rings is 1. The lowest BCUT2D eigenvalue weighted by molar-refractivity contribution is -0.149.